The summed E-state index contributed by atoms with van der Waals surface area (Å²) in [4.78, 5) is 12.4. The number of carbonyl (C=O) groups is 1. The summed E-state index contributed by atoms with van der Waals surface area (Å²) in [7, 11) is 0. The van der Waals surface area contributed by atoms with E-state index < -0.39 is 0 Å². The number of benzene rings is 2. The third-order valence-electron chi connectivity index (χ3n) is 4.92. The van der Waals surface area contributed by atoms with E-state index >= 15 is 0 Å². The Kier molecular flexibility index (Phi) is 7.74. The molecule has 1 aromatic heterocycles. The van der Waals surface area contributed by atoms with Gasteiger partial charge >= 0.3 is 0 Å². The molecule has 1 heterocycles. The molecular formula is C24H29N3O3S. The lowest BCUT2D eigenvalue weighted by molar-refractivity contribution is -0.113. The predicted octanol–water partition coefficient (Wildman–Crippen LogP) is 5.68. The topological polar surface area (TPSA) is 77.2 Å². The molecule has 31 heavy (non-hydrogen) atoms. The fourth-order valence-corrected chi connectivity index (χ4v) is 3.82. The van der Waals surface area contributed by atoms with E-state index in [1.807, 2.05) is 38.1 Å². The minimum absolute atomic E-state index is 0.105. The lowest BCUT2D eigenvalue weighted by Crippen LogP contribution is -2.16. The van der Waals surface area contributed by atoms with Crippen LogP contribution in [0.2, 0.25) is 0 Å². The van der Waals surface area contributed by atoms with Gasteiger partial charge in [-0.15, -0.1) is 10.2 Å². The van der Waals surface area contributed by atoms with Gasteiger partial charge in [0.15, 0.2) is 6.61 Å². The molecule has 0 aliphatic rings. The summed E-state index contributed by atoms with van der Waals surface area (Å²) in [6.07, 6.45) is 0.858. The number of para-hydroxylation sites is 1. The maximum absolute atomic E-state index is 12.4. The van der Waals surface area contributed by atoms with Gasteiger partial charge in [-0.2, -0.15) is 0 Å². The molecular weight excluding hydrogens is 410 g/mol. The third-order valence-corrected chi connectivity index (χ3v) is 5.74. The van der Waals surface area contributed by atoms with E-state index in [9.17, 15) is 4.79 Å². The van der Waals surface area contributed by atoms with E-state index in [2.05, 4.69) is 48.4 Å². The molecule has 0 bridgehead atoms. The molecule has 6 nitrogen and oxygen atoms in total. The summed E-state index contributed by atoms with van der Waals surface area (Å²) in [6.45, 7) is 10.5. The van der Waals surface area contributed by atoms with Crippen LogP contribution in [-0.4, -0.2) is 21.9 Å². The van der Waals surface area contributed by atoms with E-state index in [1.54, 1.807) is 0 Å². The maximum Gasteiger partial charge on any atom is 0.277 e. The van der Waals surface area contributed by atoms with Crippen LogP contribution in [0.25, 0.3) is 0 Å². The highest BCUT2D eigenvalue weighted by molar-refractivity contribution is 7.99. The third kappa shape index (κ3) is 6.10. The quantitative estimate of drug-likeness (QED) is 0.432. The van der Waals surface area contributed by atoms with Gasteiger partial charge in [-0.1, -0.05) is 62.9 Å². The van der Waals surface area contributed by atoms with Gasteiger partial charge in [0.05, 0.1) is 5.75 Å². The molecule has 7 heteroatoms. The van der Waals surface area contributed by atoms with Crippen molar-refractivity contribution < 1.29 is 13.9 Å². The van der Waals surface area contributed by atoms with Crippen molar-refractivity contribution in [3.8, 4) is 5.75 Å². The van der Waals surface area contributed by atoms with Gasteiger partial charge < -0.3 is 14.5 Å². The largest absolute Gasteiger partial charge is 0.484 e. The molecule has 2 aromatic carbocycles. The maximum atomic E-state index is 12.4. The van der Waals surface area contributed by atoms with Crippen molar-refractivity contribution in [2.24, 2.45) is 0 Å². The summed E-state index contributed by atoms with van der Waals surface area (Å²) >= 11 is 1.21. The minimum atomic E-state index is -0.105. The Bertz CT molecular complexity index is 1050. The summed E-state index contributed by atoms with van der Waals surface area (Å²) in [5.74, 6) is 1.64. The van der Waals surface area contributed by atoms with Crippen LogP contribution in [-0.2, 0) is 17.8 Å². The zero-order valence-electron chi connectivity index (χ0n) is 18.7. The molecule has 1 amide bonds. The average Bonchev–Trinajstić information content (AvgIpc) is 3.20. The molecule has 0 aliphatic heterocycles. The molecule has 0 atom stereocenters. The van der Waals surface area contributed by atoms with Crippen molar-refractivity contribution in [2.75, 3.05) is 11.1 Å². The zero-order valence-corrected chi connectivity index (χ0v) is 19.5. The normalized spacial score (nSPS) is 11.0. The first-order valence-corrected chi connectivity index (χ1v) is 11.4. The molecule has 0 fully saturated rings. The number of thioether (sulfide) groups is 1. The molecule has 1 N–H and O–H groups in total. The summed E-state index contributed by atoms with van der Waals surface area (Å²) in [6, 6.07) is 12.2. The number of aromatic nitrogens is 2. The number of hydrogen-bond acceptors (Lipinski definition) is 6. The first-order valence-electron chi connectivity index (χ1n) is 10.4. The Labute approximate surface area is 187 Å². The summed E-state index contributed by atoms with van der Waals surface area (Å²) in [5.41, 5.74) is 5.32. The average molecular weight is 440 g/mol. The van der Waals surface area contributed by atoms with Crippen LogP contribution in [0.5, 0.6) is 5.75 Å². The number of carbonyl (C=O) groups excluding carboxylic acids is 1. The van der Waals surface area contributed by atoms with E-state index in [1.165, 1.54) is 11.8 Å². The van der Waals surface area contributed by atoms with Crippen LogP contribution in [0, 0.1) is 13.8 Å². The Morgan fingerprint density at radius 3 is 2.74 bits per heavy atom. The minimum Gasteiger partial charge on any atom is -0.484 e. The smallest absolute Gasteiger partial charge is 0.277 e. The first-order chi connectivity index (χ1) is 14.9. The van der Waals surface area contributed by atoms with Crippen LogP contribution >= 0.6 is 11.8 Å². The van der Waals surface area contributed by atoms with Gasteiger partial charge in [0.1, 0.15) is 5.75 Å². The van der Waals surface area contributed by atoms with E-state index in [-0.39, 0.29) is 18.3 Å². The molecule has 164 valence electrons. The fourth-order valence-electron chi connectivity index (χ4n) is 3.24. The number of nitrogens with one attached hydrogen (secondary N) is 1. The molecule has 0 spiro atoms. The van der Waals surface area contributed by atoms with E-state index in [4.69, 9.17) is 9.15 Å². The first kappa shape index (κ1) is 22.9. The molecule has 0 unspecified atom stereocenters. The fraction of sp³-hybridized carbons (Fsp3) is 0.375. The van der Waals surface area contributed by atoms with Crippen LogP contribution in [0.15, 0.2) is 46.0 Å². The van der Waals surface area contributed by atoms with Crippen molar-refractivity contribution >= 4 is 23.4 Å². The monoisotopic (exact) mass is 439 g/mol. The number of nitrogens with zero attached hydrogens (tertiary/aromatic N) is 2. The van der Waals surface area contributed by atoms with Crippen LogP contribution in [0.3, 0.4) is 0 Å². The van der Waals surface area contributed by atoms with Crippen LogP contribution < -0.4 is 10.1 Å². The van der Waals surface area contributed by atoms with Crippen molar-refractivity contribution in [1.82, 2.24) is 10.2 Å². The van der Waals surface area contributed by atoms with Gasteiger partial charge in [0.2, 0.25) is 5.91 Å². The van der Waals surface area contributed by atoms with Crippen molar-refractivity contribution in [3.05, 3.63) is 64.5 Å². The second-order valence-corrected chi connectivity index (χ2v) is 8.67. The summed E-state index contributed by atoms with van der Waals surface area (Å²) < 4.78 is 11.6. The van der Waals surface area contributed by atoms with E-state index in [0.717, 1.165) is 40.1 Å². The zero-order chi connectivity index (χ0) is 22.4. The highest BCUT2D eigenvalue weighted by Crippen LogP contribution is 2.28. The number of aryl methyl sites for hydroxylation is 3. The lowest BCUT2D eigenvalue weighted by atomic mass is 10.0. The SMILES string of the molecule is CCc1cccc(C)c1NC(=O)CSc1nnc(COc2cc(C)ccc2C(C)C)o1. The Hall–Kier alpha value is -2.80. The molecule has 0 saturated carbocycles. The van der Waals surface area contributed by atoms with Crippen molar-refractivity contribution in [1.29, 1.82) is 0 Å². The van der Waals surface area contributed by atoms with Gasteiger partial charge in [-0.25, -0.2) is 0 Å². The highest BCUT2D eigenvalue weighted by atomic mass is 32.2. The summed E-state index contributed by atoms with van der Waals surface area (Å²) in [5, 5.41) is 11.4. The van der Waals surface area contributed by atoms with Crippen molar-refractivity contribution in [3.63, 3.8) is 0 Å². The highest BCUT2D eigenvalue weighted by Gasteiger charge is 2.14. The molecule has 0 saturated heterocycles. The predicted molar refractivity (Wildman–Crippen MR) is 124 cm³/mol. The number of amides is 1. The van der Waals surface area contributed by atoms with Gasteiger partial charge in [0.25, 0.3) is 11.1 Å². The van der Waals surface area contributed by atoms with Crippen LogP contribution in [0.4, 0.5) is 5.69 Å². The van der Waals surface area contributed by atoms with Gasteiger partial charge in [-0.3, -0.25) is 4.79 Å². The molecule has 3 aromatic rings. The van der Waals surface area contributed by atoms with Crippen molar-refractivity contribution in [2.45, 2.75) is 58.8 Å². The lowest BCUT2D eigenvalue weighted by Gasteiger charge is -2.13. The Morgan fingerprint density at radius 2 is 2.00 bits per heavy atom. The number of ether oxygens (including phenoxy) is 1. The standard InChI is InChI=1S/C24H29N3O3S/c1-6-18-9-7-8-17(5)23(18)25-21(28)14-31-24-27-26-22(30-24)13-29-20-12-16(4)10-11-19(20)15(2)3/h7-12,15H,6,13-14H2,1-5H3,(H,25,28). The second kappa shape index (κ2) is 10.5. The van der Waals surface area contributed by atoms with Gasteiger partial charge in [-0.05, 0) is 54.5 Å². The second-order valence-electron chi connectivity index (χ2n) is 7.75. The Balaban J connectivity index is 1.55. The molecule has 0 aliphatic carbocycles. The number of anilines is 1. The van der Waals surface area contributed by atoms with Crippen LogP contribution in [0.1, 0.15) is 54.8 Å². The number of hydrogen-bond donors (Lipinski definition) is 1. The number of rotatable bonds is 9. The molecule has 0 radical (unpaired) electrons. The Morgan fingerprint density at radius 1 is 1.19 bits per heavy atom. The van der Waals surface area contributed by atoms with Gasteiger partial charge in [0, 0.05) is 5.69 Å². The molecule has 3 rings (SSSR count). The van der Waals surface area contributed by atoms with E-state index in [0.29, 0.717) is 17.0 Å².